The first kappa shape index (κ1) is 21.2. The molecule has 1 N–H and O–H groups in total. The van der Waals surface area contributed by atoms with Gasteiger partial charge >= 0.3 is 0 Å². The van der Waals surface area contributed by atoms with Gasteiger partial charge in [0.05, 0.1) is 24.8 Å². The summed E-state index contributed by atoms with van der Waals surface area (Å²) in [4.78, 5) is 32.8. The highest BCUT2D eigenvalue weighted by Gasteiger charge is 2.34. The Bertz CT molecular complexity index is 962. The van der Waals surface area contributed by atoms with Crippen LogP contribution in [0.5, 0.6) is 0 Å². The Morgan fingerprint density at radius 2 is 1.81 bits per heavy atom. The standard InChI is InChI=1S/C24H30N4O4/c29-23(25-14-17-6-11-31-12-7-17)21-20-15-27(24(30)19-8-13-32-16-19)9-10-28(20)22(26-21)18-4-2-1-3-5-18/h1-5,17,19H,6-16H2,(H,25,29). The number of fused-ring (bicyclic) bond motifs is 1. The monoisotopic (exact) mass is 438 g/mol. The summed E-state index contributed by atoms with van der Waals surface area (Å²) in [5.74, 6) is 1.09. The lowest BCUT2D eigenvalue weighted by molar-refractivity contribution is -0.137. The minimum atomic E-state index is -0.166. The lowest BCUT2D eigenvalue weighted by Gasteiger charge is -2.31. The lowest BCUT2D eigenvalue weighted by Crippen LogP contribution is -2.42. The zero-order chi connectivity index (χ0) is 21.9. The predicted octanol–water partition coefficient (Wildman–Crippen LogP) is 2.09. The molecule has 2 amide bonds. The van der Waals surface area contributed by atoms with Crippen LogP contribution in [0.2, 0.25) is 0 Å². The van der Waals surface area contributed by atoms with Gasteiger partial charge in [-0.15, -0.1) is 0 Å². The van der Waals surface area contributed by atoms with Crippen molar-refractivity contribution in [2.75, 3.05) is 39.5 Å². The van der Waals surface area contributed by atoms with Crippen LogP contribution in [0.15, 0.2) is 30.3 Å². The largest absolute Gasteiger partial charge is 0.381 e. The summed E-state index contributed by atoms with van der Waals surface area (Å²) in [7, 11) is 0. The highest BCUT2D eigenvalue weighted by Crippen LogP contribution is 2.28. The summed E-state index contributed by atoms with van der Waals surface area (Å²) in [6.45, 7) is 4.89. The van der Waals surface area contributed by atoms with Crippen molar-refractivity contribution < 1.29 is 19.1 Å². The third kappa shape index (κ3) is 4.29. The molecular formula is C24H30N4O4. The Balaban J connectivity index is 1.40. The van der Waals surface area contributed by atoms with Gasteiger partial charge in [-0.05, 0) is 25.2 Å². The van der Waals surface area contributed by atoms with Crippen LogP contribution >= 0.6 is 0 Å². The van der Waals surface area contributed by atoms with Crippen molar-refractivity contribution in [2.45, 2.75) is 32.4 Å². The van der Waals surface area contributed by atoms with Crippen molar-refractivity contribution in [1.29, 1.82) is 0 Å². The van der Waals surface area contributed by atoms with Crippen LogP contribution in [-0.4, -0.2) is 65.8 Å². The van der Waals surface area contributed by atoms with Gasteiger partial charge in [-0.2, -0.15) is 0 Å². The van der Waals surface area contributed by atoms with Gasteiger partial charge in [-0.1, -0.05) is 30.3 Å². The first-order chi connectivity index (χ1) is 15.7. The van der Waals surface area contributed by atoms with E-state index in [4.69, 9.17) is 14.5 Å². The molecule has 1 aromatic carbocycles. The molecule has 2 aromatic rings. The predicted molar refractivity (Wildman–Crippen MR) is 118 cm³/mol. The number of ether oxygens (including phenoxy) is 2. The van der Waals surface area contributed by atoms with Gasteiger partial charge in [0, 0.05) is 45.0 Å². The number of nitrogens with zero attached hydrogens (tertiary/aromatic N) is 3. The number of carbonyl (C=O) groups is 2. The second-order valence-electron chi connectivity index (χ2n) is 8.83. The van der Waals surface area contributed by atoms with Crippen LogP contribution in [0.25, 0.3) is 11.4 Å². The van der Waals surface area contributed by atoms with Gasteiger partial charge in [-0.3, -0.25) is 9.59 Å². The molecule has 1 atom stereocenters. The average molecular weight is 439 g/mol. The normalized spacial score (nSPS) is 21.4. The van der Waals surface area contributed by atoms with E-state index in [0.717, 1.165) is 49.6 Å². The van der Waals surface area contributed by atoms with Crippen molar-refractivity contribution >= 4 is 11.8 Å². The van der Waals surface area contributed by atoms with E-state index in [1.54, 1.807) is 0 Å². The van der Waals surface area contributed by atoms with E-state index in [1.165, 1.54) is 0 Å². The van der Waals surface area contributed by atoms with E-state index >= 15 is 0 Å². The highest BCUT2D eigenvalue weighted by atomic mass is 16.5. The first-order valence-electron chi connectivity index (χ1n) is 11.6. The molecule has 1 aromatic heterocycles. The summed E-state index contributed by atoms with van der Waals surface area (Å²) in [6.07, 6.45) is 2.69. The van der Waals surface area contributed by atoms with Gasteiger partial charge in [0.1, 0.15) is 5.82 Å². The molecule has 0 radical (unpaired) electrons. The van der Waals surface area contributed by atoms with Crippen LogP contribution in [-0.2, 0) is 27.4 Å². The molecule has 0 saturated carbocycles. The van der Waals surface area contributed by atoms with Crippen molar-refractivity contribution in [2.24, 2.45) is 11.8 Å². The number of hydrogen-bond donors (Lipinski definition) is 1. The van der Waals surface area contributed by atoms with Crippen LogP contribution in [0, 0.1) is 11.8 Å². The Kier molecular flexibility index (Phi) is 6.23. The first-order valence-corrected chi connectivity index (χ1v) is 11.6. The molecule has 2 fully saturated rings. The summed E-state index contributed by atoms with van der Waals surface area (Å²) in [5, 5.41) is 3.09. The number of amides is 2. The number of benzene rings is 1. The van der Waals surface area contributed by atoms with E-state index in [9.17, 15) is 9.59 Å². The highest BCUT2D eigenvalue weighted by molar-refractivity contribution is 5.94. The topological polar surface area (TPSA) is 85.7 Å². The van der Waals surface area contributed by atoms with E-state index in [0.29, 0.717) is 51.0 Å². The van der Waals surface area contributed by atoms with Crippen LogP contribution < -0.4 is 5.32 Å². The fourth-order valence-electron chi connectivity index (χ4n) is 4.80. The Hall–Kier alpha value is -2.71. The molecule has 4 heterocycles. The minimum absolute atomic E-state index is 0.0798. The van der Waals surface area contributed by atoms with E-state index in [-0.39, 0.29) is 17.7 Å². The Morgan fingerprint density at radius 1 is 1.03 bits per heavy atom. The number of imidazole rings is 1. The second-order valence-corrected chi connectivity index (χ2v) is 8.83. The molecule has 0 spiro atoms. The second kappa shape index (κ2) is 9.42. The Morgan fingerprint density at radius 3 is 2.56 bits per heavy atom. The van der Waals surface area contributed by atoms with Crippen LogP contribution in [0.4, 0.5) is 0 Å². The Labute approximate surface area is 187 Å². The van der Waals surface area contributed by atoms with Crippen LogP contribution in [0.1, 0.15) is 35.4 Å². The van der Waals surface area contributed by atoms with Gasteiger partial charge in [0.2, 0.25) is 5.91 Å². The maximum atomic E-state index is 13.2. The van der Waals surface area contributed by atoms with Crippen molar-refractivity contribution in [3.8, 4) is 11.4 Å². The molecule has 2 saturated heterocycles. The molecule has 170 valence electrons. The zero-order valence-electron chi connectivity index (χ0n) is 18.3. The van der Waals surface area contributed by atoms with Crippen molar-refractivity contribution in [3.63, 3.8) is 0 Å². The molecule has 32 heavy (non-hydrogen) atoms. The van der Waals surface area contributed by atoms with E-state index < -0.39 is 0 Å². The average Bonchev–Trinajstić information content (AvgIpc) is 3.51. The molecule has 8 nitrogen and oxygen atoms in total. The minimum Gasteiger partial charge on any atom is -0.381 e. The number of rotatable bonds is 5. The third-order valence-electron chi connectivity index (χ3n) is 6.74. The maximum absolute atomic E-state index is 13.2. The van der Waals surface area contributed by atoms with Crippen molar-refractivity contribution in [3.05, 3.63) is 41.7 Å². The SMILES string of the molecule is O=C(NCC1CCOCC1)c1nc(-c2ccccc2)n2c1CN(C(=O)C1CCOC1)CC2. The summed E-state index contributed by atoms with van der Waals surface area (Å²) in [6, 6.07) is 9.93. The summed E-state index contributed by atoms with van der Waals surface area (Å²) < 4.78 is 12.9. The lowest BCUT2D eigenvalue weighted by atomic mass is 10.0. The molecule has 0 aliphatic carbocycles. The quantitative estimate of drug-likeness (QED) is 0.773. The molecule has 5 rings (SSSR count). The zero-order valence-corrected chi connectivity index (χ0v) is 18.3. The van der Waals surface area contributed by atoms with Crippen molar-refractivity contribution in [1.82, 2.24) is 19.8 Å². The van der Waals surface area contributed by atoms with Crippen LogP contribution in [0.3, 0.4) is 0 Å². The molecule has 1 unspecified atom stereocenters. The molecule has 3 aliphatic heterocycles. The summed E-state index contributed by atoms with van der Waals surface area (Å²) >= 11 is 0. The fraction of sp³-hybridized carbons (Fsp3) is 0.542. The number of hydrogen-bond acceptors (Lipinski definition) is 5. The van der Waals surface area contributed by atoms with Gasteiger partial charge in [0.15, 0.2) is 5.69 Å². The summed E-state index contributed by atoms with van der Waals surface area (Å²) in [5.41, 5.74) is 2.21. The van der Waals surface area contributed by atoms with Gasteiger partial charge < -0.3 is 24.3 Å². The molecule has 0 bridgehead atoms. The fourth-order valence-corrected chi connectivity index (χ4v) is 4.80. The number of nitrogens with one attached hydrogen (secondary N) is 1. The molecular weight excluding hydrogens is 408 g/mol. The van der Waals surface area contributed by atoms with Gasteiger partial charge in [-0.25, -0.2) is 4.98 Å². The van der Waals surface area contributed by atoms with E-state index in [2.05, 4.69) is 9.88 Å². The number of aromatic nitrogens is 2. The molecule has 8 heteroatoms. The molecule has 3 aliphatic rings. The smallest absolute Gasteiger partial charge is 0.271 e. The third-order valence-corrected chi connectivity index (χ3v) is 6.74. The maximum Gasteiger partial charge on any atom is 0.271 e. The van der Waals surface area contributed by atoms with E-state index in [1.807, 2.05) is 35.2 Å². The number of carbonyl (C=O) groups excluding carboxylic acids is 2. The van der Waals surface area contributed by atoms with Gasteiger partial charge in [0.25, 0.3) is 5.91 Å².